The van der Waals surface area contributed by atoms with Gasteiger partial charge in [0.25, 0.3) is 0 Å². The van der Waals surface area contributed by atoms with Crippen LogP contribution < -0.4 is 0 Å². The minimum atomic E-state index is -0.316. The van der Waals surface area contributed by atoms with Crippen molar-refractivity contribution in [1.29, 1.82) is 0 Å². The highest BCUT2D eigenvalue weighted by molar-refractivity contribution is 7.16. The molecular weight excluding hydrogens is 306 g/mol. The van der Waals surface area contributed by atoms with Gasteiger partial charge in [0.2, 0.25) is 0 Å². The van der Waals surface area contributed by atoms with Gasteiger partial charge in [-0.2, -0.15) is 0 Å². The zero-order valence-electron chi connectivity index (χ0n) is 7.88. The van der Waals surface area contributed by atoms with Crippen LogP contribution in [-0.4, -0.2) is 0 Å². The molecule has 1 unspecified atom stereocenters. The van der Waals surface area contributed by atoms with E-state index >= 15 is 0 Å². The molecule has 0 aliphatic carbocycles. The van der Waals surface area contributed by atoms with E-state index in [-0.39, 0.29) is 5.38 Å². The van der Waals surface area contributed by atoms with Gasteiger partial charge in [0.1, 0.15) is 0 Å². The number of thiophene rings is 1. The summed E-state index contributed by atoms with van der Waals surface area (Å²) in [6, 6.07) is 8.95. The fourth-order valence-corrected chi connectivity index (χ4v) is 3.23. The van der Waals surface area contributed by atoms with Gasteiger partial charge < -0.3 is 0 Å². The van der Waals surface area contributed by atoms with Crippen LogP contribution in [0.25, 0.3) is 0 Å². The first-order valence-corrected chi connectivity index (χ1v) is 6.81. The highest BCUT2D eigenvalue weighted by atomic mass is 35.5. The summed E-state index contributed by atoms with van der Waals surface area (Å²) in [5.74, 6) is 0. The lowest BCUT2D eigenvalue weighted by Gasteiger charge is -2.10. The first-order chi connectivity index (χ1) is 7.58. The van der Waals surface area contributed by atoms with Crippen LogP contribution in [0.5, 0.6) is 0 Å². The molecule has 1 aromatic carbocycles. The number of hydrogen-bond acceptors (Lipinski definition) is 1. The molecule has 1 aromatic heterocycles. The predicted octanol–water partition coefficient (Wildman–Crippen LogP) is 6.04. The van der Waals surface area contributed by atoms with Gasteiger partial charge in [0, 0.05) is 14.9 Å². The summed E-state index contributed by atoms with van der Waals surface area (Å²) in [7, 11) is 0. The molecule has 0 saturated carbocycles. The van der Waals surface area contributed by atoms with Crippen LogP contribution in [0.2, 0.25) is 14.4 Å². The topological polar surface area (TPSA) is 0 Å². The maximum Gasteiger partial charge on any atom is 0.0943 e. The third kappa shape index (κ3) is 2.66. The van der Waals surface area contributed by atoms with Gasteiger partial charge in [-0.3, -0.25) is 0 Å². The Morgan fingerprint density at radius 3 is 2.38 bits per heavy atom. The van der Waals surface area contributed by atoms with E-state index in [1.54, 1.807) is 18.2 Å². The molecule has 1 heterocycles. The van der Waals surface area contributed by atoms with E-state index in [1.807, 2.05) is 12.1 Å². The quantitative estimate of drug-likeness (QED) is 0.593. The van der Waals surface area contributed by atoms with Crippen molar-refractivity contribution in [2.24, 2.45) is 0 Å². The summed E-state index contributed by atoms with van der Waals surface area (Å²) in [6.45, 7) is 0. The van der Waals surface area contributed by atoms with E-state index in [9.17, 15) is 0 Å². The average molecular weight is 312 g/mol. The summed E-state index contributed by atoms with van der Waals surface area (Å²) in [6.07, 6.45) is 0. The van der Waals surface area contributed by atoms with Gasteiger partial charge in [0.15, 0.2) is 0 Å². The van der Waals surface area contributed by atoms with Crippen LogP contribution in [0.3, 0.4) is 0 Å². The summed E-state index contributed by atoms with van der Waals surface area (Å²) < 4.78 is 0.707. The zero-order chi connectivity index (χ0) is 11.7. The van der Waals surface area contributed by atoms with Crippen molar-refractivity contribution in [3.8, 4) is 0 Å². The molecule has 0 nitrogen and oxygen atoms in total. The molecule has 84 valence electrons. The maximum absolute atomic E-state index is 6.33. The second-order valence-corrected chi connectivity index (χ2v) is 6.20. The molecule has 1 atom stereocenters. The van der Waals surface area contributed by atoms with Crippen molar-refractivity contribution < 1.29 is 0 Å². The summed E-state index contributed by atoms with van der Waals surface area (Å²) in [5, 5.41) is 0.908. The van der Waals surface area contributed by atoms with Crippen LogP contribution >= 0.6 is 57.7 Å². The maximum atomic E-state index is 6.33. The minimum Gasteiger partial charge on any atom is -0.127 e. The molecule has 0 fully saturated rings. The summed E-state index contributed by atoms with van der Waals surface area (Å²) in [5.41, 5.74) is 0.800. The van der Waals surface area contributed by atoms with Crippen molar-refractivity contribution >= 4 is 57.7 Å². The van der Waals surface area contributed by atoms with Crippen molar-refractivity contribution in [3.63, 3.8) is 0 Å². The zero-order valence-corrected chi connectivity index (χ0v) is 11.7. The molecule has 0 bridgehead atoms. The fourth-order valence-electron chi connectivity index (χ4n) is 1.33. The fraction of sp³-hybridized carbons (Fsp3) is 0.0909. The van der Waals surface area contributed by atoms with Gasteiger partial charge in [-0.25, -0.2) is 0 Å². The third-order valence-corrected chi connectivity index (χ3v) is 4.55. The molecule has 2 aromatic rings. The summed E-state index contributed by atoms with van der Waals surface area (Å²) >= 11 is 25.6. The largest absolute Gasteiger partial charge is 0.127 e. The van der Waals surface area contributed by atoms with Crippen LogP contribution in [-0.2, 0) is 0 Å². The Hall–Kier alpha value is 0.0800. The molecular formula is C11H6Cl4S. The van der Waals surface area contributed by atoms with Gasteiger partial charge in [0.05, 0.1) is 9.71 Å². The number of alkyl halides is 1. The Morgan fingerprint density at radius 1 is 1.00 bits per heavy atom. The van der Waals surface area contributed by atoms with Gasteiger partial charge in [-0.1, -0.05) is 34.8 Å². The second-order valence-electron chi connectivity index (χ2n) is 3.17. The third-order valence-electron chi connectivity index (χ3n) is 2.07. The average Bonchev–Trinajstić information content (AvgIpc) is 2.67. The first-order valence-electron chi connectivity index (χ1n) is 4.42. The molecule has 0 spiro atoms. The molecule has 5 heteroatoms. The number of benzene rings is 1. The molecule has 0 amide bonds. The monoisotopic (exact) mass is 310 g/mol. The van der Waals surface area contributed by atoms with E-state index in [0.717, 1.165) is 10.4 Å². The second kappa shape index (κ2) is 5.16. The van der Waals surface area contributed by atoms with Crippen molar-refractivity contribution in [2.45, 2.75) is 5.38 Å². The van der Waals surface area contributed by atoms with Crippen LogP contribution in [0.15, 0.2) is 30.3 Å². The first kappa shape index (κ1) is 12.5. The van der Waals surface area contributed by atoms with E-state index in [0.29, 0.717) is 14.4 Å². The highest BCUT2D eigenvalue weighted by Crippen LogP contribution is 2.39. The molecule has 2 rings (SSSR count). The van der Waals surface area contributed by atoms with E-state index in [1.165, 1.54) is 11.3 Å². The smallest absolute Gasteiger partial charge is 0.0943 e. The van der Waals surface area contributed by atoms with Gasteiger partial charge in [-0.05, 0) is 35.9 Å². The molecule has 0 saturated heterocycles. The van der Waals surface area contributed by atoms with Crippen molar-refractivity contribution in [2.75, 3.05) is 0 Å². The normalized spacial score (nSPS) is 12.8. The van der Waals surface area contributed by atoms with E-state index in [2.05, 4.69) is 0 Å². The predicted molar refractivity (Wildman–Crippen MR) is 73.5 cm³/mol. The Morgan fingerprint density at radius 2 is 1.75 bits per heavy atom. The van der Waals surface area contributed by atoms with Gasteiger partial charge >= 0.3 is 0 Å². The Bertz CT molecular complexity index is 506. The highest BCUT2D eigenvalue weighted by Gasteiger charge is 2.16. The molecule has 0 aliphatic rings. The Kier molecular flexibility index (Phi) is 4.04. The van der Waals surface area contributed by atoms with Crippen LogP contribution in [0.4, 0.5) is 0 Å². The molecule has 0 N–H and O–H groups in total. The van der Waals surface area contributed by atoms with E-state index in [4.69, 9.17) is 46.4 Å². The lowest BCUT2D eigenvalue weighted by atomic mass is 10.1. The van der Waals surface area contributed by atoms with Crippen molar-refractivity contribution in [1.82, 2.24) is 0 Å². The number of hydrogen-bond donors (Lipinski definition) is 0. The number of rotatable bonds is 2. The summed E-state index contributed by atoms with van der Waals surface area (Å²) in [4.78, 5) is 0.954. The Balaban J connectivity index is 2.40. The minimum absolute atomic E-state index is 0.316. The van der Waals surface area contributed by atoms with Crippen LogP contribution in [0, 0.1) is 0 Å². The SMILES string of the molecule is Clc1ccc(Cl)c(C(Cl)c2ccc(Cl)s2)c1. The van der Waals surface area contributed by atoms with E-state index < -0.39 is 0 Å². The van der Waals surface area contributed by atoms with Gasteiger partial charge in [-0.15, -0.1) is 22.9 Å². The Labute approximate surface area is 118 Å². The van der Waals surface area contributed by atoms with Crippen molar-refractivity contribution in [3.05, 3.63) is 55.2 Å². The van der Waals surface area contributed by atoms with Crippen LogP contribution in [0.1, 0.15) is 15.8 Å². The molecule has 16 heavy (non-hydrogen) atoms. The number of halogens is 4. The standard InChI is InChI=1S/C11H6Cl4S/c12-6-1-2-8(13)7(5-6)11(15)9-3-4-10(14)16-9/h1-5,11H. The molecule has 0 radical (unpaired) electrons. The lowest BCUT2D eigenvalue weighted by Crippen LogP contribution is -1.91. The molecule has 0 aliphatic heterocycles. The lowest BCUT2D eigenvalue weighted by molar-refractivity contribution is 1.18.